The molecule has 3 N–H and O–H groups in total. The van der Waals surface area contributed by atoms with Crippen LogP contribution in [-0.2, 0) is 24.2 Å². The highest BCUT2D eigenvalue weighted by Gasteiger charge is 2.28. The Bertz CT molecular complexity index is 1270. The van der Waals surface area contributed by atoms with Crippen LogP contribution in [0.15, 0.2) is 77.6 Å². The third-order valence-electron chi connectivity index (χ3n) is 6.47. The zero-order valence-electron chi connectivity index (χ0n) is 18.3. The molecule has 1 aliphatic rings. The number of hydrogen-bond donors (Lipinski definition) is 3. The summed E-state index contributed by atoms with van der Waals surface area (Å²) in [7, 11) is 0. The van der Waals surface area contributed by atoms with Crippen LogP contribution in [-0.4, -0.2) is 27.5 Å². The van der Waals surface area contributed by atoms with E-state index in [1.54, 1.807) is 17.8 Å². The second kappa shape index (κ2) is 9.48. The Kier molecular flexibility index (Phi) is 6.11. The highest BCUT2D eigenvalue weighted by Crippen LogP contribution is 2.37. The number of fused-ring (bicyclic) bond motifs is 2. The fourth-order valence-corrected chi connectivity index (χ4v) is 4.86. The van der Waals surface area contributed by atoms with Gasteiger partial charge in [-0.1, -0.05) is 36.4 Å². The van der Waals surface area contributed by atoms with Gasteiger partial charge in [-0.3, -0.25) is 14.9 Å². The number of aromatic amines is 1. The van der Waals surface area contributed by atoms with E-state index in [0.29, 0.717) is 6.04 Å². The number of amides is 1. The number of nitrogens with zero attached hydrogens (tertiary/aromatic N) is 1. The van der Waals surface area contributed by atoms with Crippen LogP contribution in [0.4, 0.5) is 0 Å². The van der Waals surface area contributed by atoms with Crippen LogP contribution in [0.1, 0.15) is 40.5 Å². The van der Waals surface area contributed by atoms with Crippen molar-refractivity contribution in [1.29, 1.82) is 0 Å². The summed E-state index contributed by atoms with van der Waals surface area (Å²) in [5.74, 6) is 0.437. The van der Waals surface area contributed by atoms with Crippen molar-refractivity contribution < 1.29 is 14.4 Å². The number of benzene rings is 2. The van der Waals surface area contributed by atoms with Crippen LogP contribution in [0.5, 0.6) is 0 Å². The van der Waals surface area contributed by atoms with Gasteiger partial charge in [0, 0.05) is 35.8 Å². The maximum absolute atomic E-state index is 11.3. The number of rotatable bonds is 8. The van der Waals surface area contributed by atoms with Crippen molar-refractivity contribution in [2.45, 2.75) is 31.8 Å². The molecular formula is C27H27N3O3. The van der Waals surface area contributed by atoms with Crippen molar-refractivity contribution in [3.8, 4) is 0 Å². The van der Waals surface area contributed by atoms with Crippen molar-refractivity contribution in [3.05, 3.63) is 101 Å². The summed E-state index contributed by atoms with van der Waals surface area (Å²) in [6.07, 6.45) is 9.91. The zero-order chi connectivity index (χ0) is 22.6. The van der Waals surface area contributed by atoms with Gasteiger partial charge in [0.1, 0.15) is 5.76 Å². The average Bonchev–Trinajstić information content (AvgIpc) is 3.60. The van der Waals surface area contributed by atoms with Gasteiger partial charge in [0.05, 0.1) is 12.8 Å². The van der Waals surface area contributed by atoms with Gasteiger partial charge in [-0.15, -0.1) is 0 Å². The van der Waals surface area contributed by atoms with Crippen LogP contribution in [0.2, 0.25) is 0 Å². The highest BCUT2D eigenvalue weighted by atomic mass is 16.5. The molecule has 0 saturated carbocycles. The lowest BCUT2D eigenvalue weighted by Gasteiger charge is -2.29. The third kappa shape index (κ3) is 4.62. The first-order valence-electron chi connectivity index (χ1n) is 11.3. The Labute approximate surface area is 192 Å². The largest absolute Gasteiger partial charge is 0.468 e. The number of H-pyrrole nitrogens is 1. The number of nitrogens with one attached hydrogen (secondary N) is 2. The van der Waals surface area contributed by atoms with E-state index in [9.17, 15) is 4.79 Å². The third-order valence-corrected chi connectivity index (χ3v) is 6.47. The Hall–Kier alpha value is -3.61. The number of para-hydroxylation sites is 1. The fraction of sp³-hybridized carbons (Fsp3) is 0.222. The molecule has 6 nitrogen and oxygen atoms in total. The van der Waals surface area contributed by atoms with Crippen LogP contribution >= 0.6 is 0 Å². The quantitative estimate of drug-likeness (QED) is 0.204. The van der Waals surface area contributed by atoms with Gasteiger partial charge in [0.25, 0.3) is 5.91 Å². The molecule has 1 amide bonds. The molecule has 2 aromatic heterocycles. The van der Waals surface area contributed by atoms with Gasteiger partial charge in [-0.2, -0.15) is 0 Å². The van der Waals surface area contributed by atoms with Crippen molar-refractivity contribution >= 4 is 22.9 Å². The number of carbonyl (C=O) groups excluding carboxylic acids is 1. The summed E-state index contributed by atoms with van der Waals surface area (Å²) in [6, 6.07) is 19.1. The first-order chi connectivity index (χ1) is 16.2. The second-order valence-corrected chi connectivity index (χ2v) is 8.48. The molecule has 1 aliphatic carbocycles. The molecule has 33 heavy (non-hydrogen) atoms. The molecule has 1 unspecified atom stereocenters. The lowest BCUT2D eigenvalue weighted by Crippen LogP contribution is -2.29. The highest BCUT2D eigenvalue weighted by molar-refractivity contribution is 5.90. The summed E-state index contributed by atoms with van der Waals surface area (Å²) in [4.78, 5) is 17.2. The molecular weight excluding hydrogens is 414 g/mol. The molecule has 4 aromatic rings. The number of hydrogen-bond acceptors (Lipinski definition) is 4. The van der Waals surface area contributed by atoms with Crippen LogP contribution < -0.4 is 5.48 Å². The van der Waals surface area contributed by atoms with E-state index in [2.05, 4.69) is 52.5 Å². The fourth-order valence-electron chi connectivity index (χ4n) is 4.86. The minimum absolute atomic E-state index is 0.314. The number of aryl methyl sites for hydroxylation is 1. The predicted octanol–water partition coefficient (Wildman–Crippen LogP) is 5.01. The lowest BCUT2D eigenvalue weighted by molar-refractivity contribution is -0.124. The van der Waals surface area contributed by atoms with E-state index in [1.165, 1.54) is 33.7 Å². The van der Waals surface area contributed by atoms with E-state index in [0.717, 1.165) is 43.7 Å². The molecule has 168 valence electrons. The van der Waals surface area contributed by atoms with Crippen LogP contribution in [0.25, 0.3) is 17.0 Å². The number of furan rings is 1. The van der Waals surface area contributed by atoms with Crippen molar-refractivity contribution in [3.63, 3.8) is 0 Å². The molecule has 0 spiro atoms. The number of carbonyl (C=O) groups is 1. The first kappa shape index (κ1) is 21.2. The topological polar surface area (TPSA) is 81.5 Å². The average molecular weight is 442 g/mol. The molecule has 6 heteroatoms. The van der Waals surface area contributed by atoms with Crippen LogP contribution in [0.3, 0.4) is 0 Å². The molecule has 0 saturated heterocycles. The van der Waals surface area contributed by atoms with E-state index in [4.69, 9.17) is 9.62 Å². The first-order valence-corrected chi connectivity index (χ1v) is 11.3. The summed E-state index contributed by atoms with van der Waals surface area (Å²) in [6.45, 7) is 1.68. The maximum atomic E-state index is 11.3. The molecule has 5 rings (SSSR count). The minimum Gasteiger partial charge on any atom is -0.468 e. The molecule has 0 fully saturated rings. The monoisotopic (exact) mass is 441 g/mol. The van der Waals surface area contributed by atoms with E-state index in [-0.39, 0.29) is 0 Å². The second-order valence-electron chi connectivity index (χ2n) is 8.48. The van der Waals surface area contributed by atoms with Gasteiger partial charge in [0.2, 0.25) is 0 Å². The smallest absolute Gasteiger partial charge is 0.267 e. The number of aromatic nitrogens is 1. The van der Waals surface area contributed by atoms with Gasteiger partial charge >= 0.3 is 0 Å². The predicted molar refractivity (Wildman–Crippen MR) is 128 cm³/mol. The molecule has 2 heterocycles. The van der Waals surface area contributed by atoms with Crippen molar-refractivity contribution in [2.75, 3.05) is 6.54 Å². The minimum atomic E-state index is -0.532. The van der Waals surface area contributed by atoms with E-state index < -0.39 is 5.91 Å². The Balaban J connectivity index is 1.37. The maximum Gasteiger partial charge on any atom is 0.267 e. The molecule has 2 aromatic carbocycles. The van der Waals surface area contributed by atoms with Crippen LogP contribution in [0, 0.1) is 0 Å². The summed E-state index contributed by atoms with van der Waals surface area (Å²) in [5, 5.41) is 9.96. The Morgan fingerprint density at radius 1 is 1.21 bits per heavy atom. The summed E-state index contributed by atoms with van der Waals surface area (Å²) < 4.78 is 5.69. The molecule has 0 radical (unpaired) electrons. The standard InChI is InChI=1S/C27H27N3O3/c31-27(29-32)12-8-19-7-10-24-20(16-19)9-11-26(24)30(18-22-4-3-15-33-22)14-13-21-17-28-25-6-2-1-5-23(21)25/h1-8,10,12,15-17,26,28,32H,9,11,13-14,18H2,(H,29,31). The molecule has 0 aliphatic heterocycles. The Morgan fingerprint density at radius 2 is 2.12 bits per heavy atom. The van der Waals surface area contributed by atoms with Gasteiger partial charge in [-0.05, 0) is 65.8 Å². The van der Waals surface area contributed by atoms with Gasteiger partial charge < -0.3 is 9.40 Å². The normalized spacial score (nSPS) is 15.5. The summed E-state index contributed by atoms with van der Waals surface area (Å²) in [5.41, 5.74) is 7.72. The molecule has 0 bridgehead atoms. The van der Waals surface area contributed by atoms with Gasteiger partial charge in [-0.25, -0.2) is 5.48 Å². The Morgan fingerprint density at radius 3 is 2.97 bits per heavy atom. The van der Waals surface area contributed by atoms with E-state index >= 15 is 0 Å². The summed E-state index contributed by atoms with van der Waals surface area (Å²) >= 11 is 0. The number of hydroxylamine groups is 1. The van der Waals surface area contributed by atoms with Gasteiger partial charge in [0.15, 0.2) is 0 Å². The van der Waals surface area contributed by atoms with Crippen molar-refractivity contribution in [1.82, 2.24) is 15.4 Å². The van der Waals surface area contributed by atoms with E-state index in [1.807, 2.05) is 18.2 Å². The SMILES string of the molecule is O=C(C=Cc1ccc2c(c1)CCC2N(CCc1c[nH]c2ccccc12)Cc1ccco1)NO. The molecule has 1 atom stereocenters. The zero-order valence-corrected chi connectivity index (χ0v) is 18.3. The lowest BCUT2D eigenvalue weighted by atomic mass is 10.0. The van der Waals surface area contributed by atoms with Crippen molar-refractivity contribution in [2.24, 2.45) is 0 Å².